The third-order valence-corrected chi connectivity index (χ3v) is 4.86. The Morgan fingerprint density at radius 1 is 1.12 bits per heavy atom. The number of likely N-dealkylation sites (N-methyl/N-ethyl adjacent to an activating group) is 1. The van der Waals surface area contributed by atoms with Crippen LogP contribution in [0.15, 0.2) is 59.5 Å². The van der Waals surface area contributed by atoms with Gasteiger partial charge < -0.3 is 0 Å². The maximum atomic E-state index is 12.9. The van der Waals surface area contributed by atoms with Crippen LogP contribution in [0.1, 0.15) is 24.1 Å². The van der Waals surface area contributed by atoms with Crippen molar-refractivity contribution in [2.45, 2.75) is 17.9 Å². The lowest BCUT2D eigenvalue weighted by Gasteiger charge is -2.23. The number of hydrogen-bond donors (Lipinski definition) is 1. The summed E-state index contributed by atoms with van der Waals surface area (Å²) in [5.74, 6) is -0.249. The molecule has 6 heteroatoms. The van der Waals surface area contributed by atoms with Crippen LogP contribution in [0.4, 0.5) is 4.39 Å². The summed E-state index contributed by atoms with van der Waals surface area (Å²) in [5.41, 5.74) is 1.94. The molecule has 0 amide bonds. The van der Waals surface area contributed by atoms with Crippen molar-refractivity contribution >= 4 is 16.1 Å². The molecule has 0 heterocycles. The van der Waals surface area contributed by atoms with Crippen LogP contribution in [0.5, 0.6) is 0 Å². The van der Waals surface area contributed by atoms with E-state index in [1.165, 1.54) is 24.3 Å². The molecule has 1 atom stereocenters. The van der Waals surface area contributed by atoms with Crippen molar-refractivity contribution in [3.8, 4) is 0 Å². The SMILES string of the molecule is C[C@@H](c1ccc(S(N)(=O)=O)cc1)N(C)C/C=C/c1ccc(F)cc1. The van der Waals surface area contributed by atoms with Gasteiger partial charge in [-0.1, -0.05) is 36.4 Å². The standard InChI is InChI=1S/C18H21FN2O2S/c1-14(16-7-11-18(12-8-16)24(20,22)23)21(2)13-3-4-15-5-9-17(19)10-6-15/h3-12,14H,13H2,1-2H3,(H2,20,22,23)/b4-3+/t14-/m0/s1. The molecular formula is C18H21FN2O2S. The predicted molar refractivity (Wildman–Crippen MR) is 94.3 cm³/mol. The van der Waals surface area contributed by atoms with Gasteiger partial charge in [0.1, 0.15) is 5.82 Å². The molecule has 24 heavy (non-hydrogen) atoms. The van der Waals surface area contributed by atoms with Crippen LogP contribution < -0.4 is 5.14 Å². The minimum absolute atomic E-state index is 0.109. The molecule has 0 aliphatic heterocycles. The Morgan fingerprint density at radius 3 is 2.25 bits per heavy atom. The van der Waals surface area contributed by atoms with E-state index >= 15 is 0 Å². The Morgan fingerprint density at radius 2 is 1.71 bits per heavy atom. The number of nitrogens with zero attached hydrogens (tertiary/aromatic N) is 1. The first-order chi connectivity index (χ1) is 11.3. The molecule has 0 aliphatic carbocycles. The number of benzene rings is 2. The van der Waals surface area contributed by atoms with Gasteiger partial charge in [0.15, 0.2) is 0 Å². The molecule has 0 spiro atoms. The third-order valence-electron chi connectivity index (χ3n) is 3.93. The number of halogens is 1. The van der Waals surface area contributed by atoms with Gasteiger partial charge in [0.05, 0.1) is 4.90 Å². The van der Waals surface area contributed by atoms with Crippen molar-refractivity contribution in [1.82, 2.24) is 4.90 Å². The van der Waals surface area contributed by atoms with Crippen molar-refractivity contribution in [3.05, 3.63) is 71.6 Å². The molecule has 0 radical (unpaired) electrons. The van der Waals surface area contributed by atoms with E-state index in [2.05, 4.69) is 4.90 Å². The number of hydrogen-bond acceptors (Lipinski definition) is 3. The van der Waals surface area contributed by atoms with Crippen LogP contribution in [0, 0.1) is 5.82 Å². The van der Waals surface area contributed by atoms with E-state index in [0.717, 1.165) is 11.1 Å². The summed E-state index contributed by atoms with van der Waals surface area (Å²) in [5, 5.41) is 5.10. The molecule has 0 bridgehead atoms. The Balaban J connectivity index is 1.98. The Bertz CT molecular complexity index is 800. The number of nitrogens with two attached hydrogens (primary N) is 1. The van der Waals surface area contributed by atoms with Crippen LogP contribution in [-0.4, -0.2) is 26.9 Å². The molecule has 2 rings (SSSR count). The molecule has 4 nitrogen and oxygen atoms in total. The number of sulfonamides is 1. The zero-order chi connectivity index (χ0) is 17.7. The molecule has 128 valence electrons. The van der Waals surface area contributed by atoms with Gasteiger partial charge in [0.2, 0.25) is 10.0 Å². The summed E-state index contributed by atoms with van der Waals surface area (Å²) in [6.45, 7) is 2.74. The summed E-state index contributed by atoms with van der Waals surface area (Å²) in [7, 11) is -1.69. The second-order valence-electron chi connectivity index (χ2n) is 5.68. The van der Waals surface area contributed by atoms with Crippen molar-refractivity contribution in [2.75, 3.05) is 13.6 Å². The normalized spacial score (nSPS) is 13.5. The average Bonchev–Trinajstić information content (AvgIpc) is 2.55. The van der Waals surface area contributed by atoms with E-state index in [4.69, 9.17) is 5.14 Å². The van der Waals surface area contributed by atoms with Crippen molar-refractivity contribution in [1.29, 1.82) is 0 Å². The van der Waals surface area contributed by atoms with E-state index in [9.17, 15) is 12.8 Å². The zero-order valence-electron chi connectivity index (χ0n) is 13.7. The van der Waals surface area contributed by atoms with Crippen LogP contribution in [0.2, 0.25) is 0 Å². The highest BCUT2D eigenvalue weighted by Crippen LogP contribution is 2.20. The average molecular weight is 348 g/mol. The minimum atomic E-state index is -3.66. The monoisotopic (exact) mass is 348 g/mol. The van der Waals surface area contributed by atoms with Gasteiger partial charge in [-0.3, -0.25) is 4.90 Å². The number of rotatable bonds is 6. The lowest BCUT2D eigenvalue weighted by molar-refractivity contribution is 0.290. The molecule has 0 saturated carbocycles. The Labute approximate surface area is 142 Å². The molecule has 0 fully saturated rings. The highest BCUT2D eigenvalue weighted by atomic mass is 32.2. The van der Waals surface area contributed by atoms with Crippen LogP contribution in [-0.2, 0) is 10.0 Å². The molecule has 0 aliphatic rings. The van der Waals surface area contributed by atoms with Crippen LogP contribution in [0.25, 0.3) is 6.08 Å². The zero-order valence-corrected chi connectivity index (χ0v) is 14.5. The molecule has 2 aromatic rings. The topological polar surface area (TPSA) is 63.4 Å². The Kier molecular flexibility index (Phi) is 5.88. The maximum Gasteiger partial charge on any atom is 0.238 e. The van der Waals surface area contributed by atoms with Gasteiger partial charge in [-0.25, -0.2) is 17.9 Å². The van der Waals surface area contributed by atoms with Gasteiger partial charge in [-0.2, -0.15) is 0 Å². The fraction of sp³-hybridized carbons (Fsp3) is 0.222. The van der Waals surface area contributed by atoms with Gasteiger partial charge in [0, 0.05) is 12.6 Å². The first kappa shape index (κ1) is 18.3. The molecule has 0 unspecified atom stereocenters. The van der Waals surface area contributed by atoms with Crippen molar-refractivity contribution in [2.24, 2.45) is 5.14 Å². The van der Waals surface area contributed by atoms with E-state index in [0.29, 0.717) is 6.54 Å². The minimum Gasteiger partial charge on any atom is -0.296 e. The fourth-order valence-electron chi connectivity index (χ4n) is 2.28. The van der Waals surface area contributed by atoms with Crippen LogP contribution in [0.3, 0.4) is 0 Å². The highest BCUT2D eigenvalue weighted by Gasteiger charge is 2.12. The second-order valence-corrected chi connectivity index (χ2v) is 7.24. The first-order valence-electron chi connectivity index (χ1n) is 7.52. The van der Waals surface area contributed by atoms with Crippen LogP contribution >= 0.6 is 0 Å². The number of primary sulfonamides is 1. The van der Waals surface area contributed by atoms with E-state index in [1.54, 1.807) is 24.3 Å². The van der Waals surface area contributed by atoms with Crippen molar-refractivity contribution in [3.63, 3.8) is 0 Å². The summed E-state index contributed by atoms with van der Waals surface area (Å²) in [6, 6.07) is 13.0. The highest BCUT2D eigenvalue weighted by molar-refractivity contribution is 7.89. The quantitative estimate of drug-likeness (QED) is 0.872. The summed E-state index contributed by atoms with van der Waals surface area (Å²) < 4.78 is 35.4. The molecule has 2 aromatic carbocycles. The smallest absolute Gasteiger partial charge is 0.238 e. The maximum absolute atomic E-state index is 12.9. The lowest BCUT2D eigenvalue weighted by atomic mass is 10.1. The van der Waals surface area contributed by atoms with Gasteiger partial charge in [-0.05, 0) is 49.4 Å². The first-order valence-corrected chi connectivity index (χ1v) is 9.07. The van der Waals surface area contributed by atoms with Crippen molar-refractivity contribution < 1.29 is 12.8 Å². The van der Waals surface area contributed by atoms with E-state index in [1.807, 2.05) is 26.1 Å². The Hall–Kier alpha value is -2.02. The molecular weight excluding hydrogens is 327 g/mol. The summed E-state index contributed by atoms with van der Waals surface area (Å²) in [6.07, 6.45) is 3.94. The summed E-state index contributed by atoms with van der Waals surface area (Å²) >= 11 is 0. The van der Waals surface area contributed by atoms with Gasteiger partial charge in [-0.15, -0.1) is 0 Å². The fourth-order valence-corrected chi connectivity index (χ4v) is 2.79. The van der Waals surface area contributed by atoms with Gasteiger partial charge >= 0.3 is 0 Å². The molecule has 2 N–H and O–H groups in total. The van der Waals surface area contributed by atoms with E-state index < -0.39 is 10.0 Å². The molecule has 0 saturated heterocycles. The largest absolute Gasteiger partial charge is 0.296 e. The lowest BCUT2D eigenvalue weighted by Crippen LogP contribution is -2.22. The van der Waals surface area contributed by atoms with E-state index in [-0.39, 0.29) is 16.8 Å². The second kappa shape index (κ2) is 7.70. The third kappa shape index (κ3) is 4.99. The summed E-state index contributed by atoms with van der Waals surface area (Å²) in [4.78, 5) is 2.23. The predicted octanol–water partition coefficient (Wildman–Crippen LogP) is 3.18. The molecule has 0 aromatic heterocycles. The van der Waals surface area contributed by atoms with Gasteiger partial charge in [0.25, 0.3) is 0 Å².